The van der Waals surface area contributed by atoms with Crippen LogP contribution in [0.2, 0.25) is 0 Å². The molecule has 2 fully saturated rings. The van der Waals surface area contributed by atoms with Crippen molar-refractivity contribution in [2.24, 2.45) is 11.8 Å². The summed E-state index contributed by atoms with van der Waals surface area (Å²) in [5.74, 6) is -2.93. The Bertz CT molecular complexity index is 1250. The molecule has 6 atom stereocenters. The monoisotopic (exact) mass is 607 g/mol. The van der Waals surface area contributed by atoms with Crippen LogP contribution in [-0.2, 0) is 28.7 Å². The highest BCUT2D eigenvalue weighted by Gasteiger charge is 2.71. The largest absolute Gasteiger partial charge is 0.463 e. The van der Waals surface area contributed by atoms with Crippen LogP contribution in [0.25, 0.3) is 0 Å². The number of nitrogens with zero attached hydrogens (tertiary/aromatic N) is 2. The summed E-state index contributed by atoms with van der Waals surface area (Å²) in [6.45, 7) is 3.53. The molecule has 0 saturated carbocycles. The van der Waals surface area contributed by atoms with Gasteiger partial charge >= 0.3 is 5.97 Å². The second kappa shape index (κ2) is 14.5. The van der Waals surface area contributed by atoms with Gasteiger partial charge in [0, 0.05) is 32.7 Å². The summed E-state index contributed by atoms with van der Waals surface area (Å²) in [4.78, 5) is 58.9. The van der Waals surface area contributed by atoms with Gasteiger partial charge in [0.05, 0.1) is 24.0 Å². The fourth-order valence-electron chi connectivity index (χ4n) is 7.02. The number of aliphatic hydroxyl groups excluding tert-OH is 1. The van der Waals surface area contributed by atoms with Gasteiger partial charge < -0.3 is 29.7 Å². The number of cyclic esters (lactones) is 1. The van der Waals surface area contributed by atoms with Crippen molar-refractivity contribution in [1.29, 1.82) is 0 Å². The Kier molecular flexibility index (Phi) is 10.5. The van der Waals surface area contributed by atoms with E-state index in [9.17, 15) is 24.3 Å². The molecule has 0 bridgehead atoms. The molecule has 0 aromatic heterocycles. The number of benzene rings is 1. The van der Waals surface area contributed by atoms with E-state index < -0.39 is 35.6 Å². The Morgan fingerprint density at radius 2 is 1.77 bits per heavy atom. The number of rotatable bonds is 10. The van der Waals surface area contributed by atoms with Crippen molar-refractivity contribution in [1.82, 2.24) is 15.1 Å². The average Bonchev–Trinajstić information content (AvgIpc) is 3.41. The first-order valence-electron chi connectivity index (χ1n) is 16.1. The molecular weight excluding hydrogens is 562 g/mol. The molecule has 10 heteroatoms. The van der Waals surface area contributed by atoms with Crippen LogP contribution < -0.4 is 5.32 Å². The van der Waals surface area contributed by atoms with Crippen molar-refractivity contribution >= 4 is 23.7 Å². The van der Waals surface area contributed by atoms with E-state index in [4.69, 9.17) is 9.47 Å². The molecule has 238 valence electrons. The summed E-state index contributed by atoms with van der Waals surface area (Å²) in [6, 6.07) is 7.81. The van der Waals surface area contributed by atoms with Gasteiger partial charge in [0.2, 0.25) is 17.7 Å². The van der Waals surface area contributed by atoms with Crippen LogP contribution in [0.1, 0.15) is 69.9 Å². The molecule has 1 aromatic rings. The van der Waals surface area contributed by atoms with E-state index >= 15 is 0 Å². The van der Waals surface area contributed by atoms with Crippen LogP contribution in [0.5, 0.6) is 0 Å². The number of amides is 3. The van der Waals surface area contributed by atoms with E-state index in [0.717, 1.165) is 31.2 Å². The van der Waals surface area contributed by atoms with Crippen LogP contribution in [-0.4, -0.2) is 89.2 Å². The average molecular weight is 608 g/mol. The first kappa shape index (κ1) is 31.9. The third-order valence-corrected chi connectivity index (χ3v) is 9.24. The first-order chi connectivity index (χ1) is 21.4. The summed E-state index contributed by atoms with van der Waals surface area (Å²) in [7, 11) is 0. The lowest BCUT2D eigenvalue weighted by molar-refractivity contribution is -0.148. The number of allylic oxidation sites excluding steroid dienone is 1. The minimum atomic E-state index is -1.30. The van der Waals surface area contributed by atoms with E-state index in [2.05, 4.69) is 12.2 Å². The van der Waals surface area contributed by atoms with Crippen molar-refractivity contribution in [3.8, 4) is 0 Å². The van der Waals surface area contributed by atoms with E-state index in [0.29, 0.717) is 38.9 Å². The molecule has 4 aliphatic rings. The zero-order valence-corrected chi connectivity index (χ0v) is 25.6. The number of hydrogen-bond acceptors (Lipinski definition) is 7. The summed E-state index contributed by atoms with van der Waals surface area (Å²) in [5.41, 5.74) is -0.519. The van der Waals surface area contributed by atoms with Crippen LogP contribution in [0.15, 0.2) is 54.6 Å². The van der Waals surface area contributed by atoms with E-state index in [1.807, 2.05) is 42.5 Å². The standard InChI is InChI=1S/C34H45N3O7/c1-2-3-19-36-20-13-18-34-29(32(41)37(30(34)33(36)42)21-11-4-5-12-22-38)28-26(44-34)16-9-10-17-27(39)43-23-25(35-31(28)40)24-14-7-6-8-15-24/h6-9,13-16,18,25-26,28-30,38H,2-5,10-12,17,19-23H2,1H3,(H,35,40)/b16-9-/t25-,26+,28-,29-,30+,34-/m0/s1. The van der Waals surface area contributed by atoms with Crippen molar-refractivity contribution in [2.45, 2.75) is 82.1 Å². The second-order valence-electron chi connectivity index (χ2n) is 12.2. The molecule has 4 heterocycles. The van der Waals surface area contributed by atoms with Crippen molar-refractivity contribution < 1.29 is 33.8 Å². The predicted molar refractivity (Wildman–Crippen MR) is 163 cm³/mol. The predicted octanol–water partition coefficient (Wildman–Crippen LogP) is 3.07. The number of unbranched alkanes of at least 4 members (excludes halogenated alkanes) is 4. The minimum Gasteiger partial charge on any atom is -0.463 e. The molecule has 0 unspecified atom stereocenters. The highest BCUT2D eigenvalue weighted by Crippen LogP contribution is 2.53. The number of carbonyl (C=O) groups is 4. The molecule has 1 aromatic carbocycles. The van der Waals surface area contributed by atoms with Gasteiger partial charge in [-0.3, -0.25) is 19.2 Å². The summed E-state index contributed by atoms with van der Waals surface area (Å²) in [5, 5.41) is 12.3. The van der Waals surface area contributed by atoms with Crippen LogP contribution in [0.4, 0.5) is 0 Å². The maximum absolute atomic E-state index is 14.4. The molecule has 10 nitrogen and oxygen atoms in total. The van der Waals surface area contributed by atoms with E-state index in [-0.39, 0.29) is 43.3 Å². The molecule has 2 saturated heterocycles. The zero-order valence-electron chi connectivity index (χ0n) is 25.6. The lowest BCUT2D eigenvalue weighted by Gasteiger charge is -2.35. The zero-order chi connectivity index (χ0) is 31.1. The van der Waals surface area contributed by atoms with Crippen molar-refractivity contribution in [3.63, 3.8) is 0 Å². The Labute approximate surface area is 259 Å². The lowest BCUT2D eigenvalue weighted by atomic mass is 9.77. The number of hydrogen-bond donors (Lipinski definition) is 2. The fourth-order valence-corrected chi connectivity index (χ4v) is 7.02. The Morgan fingerprint density at radius 1 is 0.977 bits per heavy atom. The minimum absolute atomic E-state index is 0.0341. The van der Waals surface area contributed by atoms with E-state index in [1.54, 1.807) is 22.0 Å². The van der Waals surface area contributed by atoms with Gasteiger partial charge in [0.15, 0.2) is 0 Å². The molecule has 3 amide bonds. The van der Waals surface area contributed by atoms with Gasteiger partial charge in [-0.15, -0.1) is 0 Å². The molecule has 2 N–H and O–H groups in total. The van der Waals surface area contributed by atoms with Gasteiger partial charge in [-0.2, -0.15) is 0 Å². The van der Waals surface area contributed by atoms with Gasteiger partial charge in [0.25, 0.3) is 0 Å². The third-order valence-electron chi connectivity index (χ3n) is 9.24. The maximum atomic E-state index is 14.4. The quantitative estimate of drug-likeness (QED) is 0.238. The Balaban J connectivity index is 1.52. The molecule has 5 rings (SSSR count). The molecule has 0 radical (unpaired) electrons. The summed E-state index contributed by atoms with van der Waals surface area (Å²) < 4.78 is 12.3. The number of carbonyl (C=O) groups excluding carboxylic acids is 4. The van der Waals surface area contributed by atoms with Crippen LogP contribution in [0.3, 0.4) is 0 Å². The Hall–Kier alpha value is -3.50. The third kappa shape index (κ3) is 6.47. The van der Waals surface area contributed by atoms with Crippen LogP contribution in [0, 0.1) is 11.8 Å². The summed E-state index contributed by atoms with van der Waals surface area (Å²) >= 11 is 0. The highest BCUT2D eigenvalue weighted by molar-refractivity contribution is 5.99. The van der Waals surface area contributed by atoms with Gasteiger partial charge in [-0.05, 0) is 31.2 Å². The first-order valence-corrected chi connectivity index (χ1v) is 16.1. The molecule has 4 aliphatic heterocycles. The smallest absolute Gasteiger partial charge is 0.306 e. The SMILES string of the molecule is CCCCN1CC=C[C@]23O[C@@H]4/C=C\CCC(=O)OC[C@@H](c5ccccc5)NC(=O)[C@@H]4[C@H]2C(=O)N(CCCCCCO)[C@@H]3C1=O. The number of ether oxygens (including phenoxy) is 2. The molecular formula is C34H45N3O7. The van der Waals surface area contributed by atoms with Crippen LogP contribution >= 0.6 is 0 Å². The maximum Gasteiger partial charge on any atom is 0.306 e. The molecule has 44 heavy (non-hydrogen) atoms. The number of nitrogens with one attached hydrogen (secondary N) is 1. The van der Waals surface area contributed by atoms with Gasteiger partial charge in [-0.1, -0.05) is 80.8 Å². The topological polar surface area (TPSA) is 125 Å². The number of esters is 1. The van der Waals surface area contributed by atoms with Gasteiger partial charge in [-0.25, -0.2) is 0 Å². The normalized spacial score (nSPS) is 31.3. The lowest BCUT2D eigenvalue weighted by Crippen LogP contribution is -2.55. The highest BCUT2D eigenvalue weighted by atomic mass is 16.5. The number of fused-ring (bicyclic) bond motifs is 2. The Morgan fingerprint density at radius 3 is 2.55 bits per heavy atom. The van der Waals surface area contributed by atoms with Gasteiger partial charge in [0.1, 0.15) is 18.2 Å². The van der Waals surface area contributed by atoms with Crippen molar-refractivity contribution in [2.75, 3.05) is 32.8 Å². The summed E-state index contributed by atoms with van der Waals surface area (Å²) in [6.07, 6.45) is 11.9. The number of likely N-dealkylation sites (tertiary alicyclic amines) is 1. The molecule has 0 aliphatic carbocycles. The fraction of sp³-hybridized carbons (Fsp3) is 0.588. The van der Waals surface area contributed by atoms with Crippen molar-refractivity contribution in [3.05, 3.63) is 60.2 Å². The second-order valence-corrected chi connectivity index (χ2v) is 12.2. The number of aliphatic hydroxyl groups is 1. The molecule has 1 spiro atoms. The van der Waals surface area contributed by atoms with E-state index in [1.165, 1.54) is 0 Å².